The van der Waals surface area contributed by atoms with E-state index in [0.29, 0.717) is 12.1 Å². The van der Waals surface area contributed by atoms with Crippen LogP contribution in [0.3, 0.4) is 0 Å². The highest BCUT2D eigenvalue weighted by molar-refractivity contribution is 5.96. The van der Waals surface area contributed by atoms with Gasteiger partial charge in [0.05, 0.1) is 22.6 Å². The Labute approximate surface area is 119 Å². The Balaban J connectivity index is 2.59. The van der Waals surface area contributed by atoms with E-state index in [-0.39, 0.29) is 5.91 Å². The maximum Gasteiger partial charge on any atom is 0.255 e. The molecule has 1 aromatic carbocycles. The first kappa shape index (κ1) is 14.3. The number of carbonyl (C=O) groups is 1. The summed E-state index contributed by atoms with van der Waals surface area (Å²) >= 11 is 0. The number of aryl methyl sites for hydroxylation is 2. The number of nitrogens with zero attached hydrogens (tertiary/aromatic N) is 2. The van der Waals surface area contributed by atoms with E-state index in [1.807, 2.05) is 43.7 Å². The van der Waals surface area contributed by atoms with E-state index in [9.17, 15) is 4.79 Å². The molecule has 0 bridgehead atoms. The Morgan fingerprint density at radius 3 is 2.55 bits per heavy atom. The second-order valence-electron chi connectivity index (χ2n) is 4.82. The van der Waals surface area contributed by atoms with Gasteiger partial charge in [-0.25, -0.2) is 4.68 Å². The minimum atomic E-state index is -0.0401. The number of aromatic nitrogens is 2. The zero-order chi connectivity index (χ0) is 14.7. The molecule has 0 spiro atoms. The fraction of sp³-hybridized carbons (Fsp3) is 0.375. The van der Waals surface area contributed by atoms with Crippen molar-refractivity contribution in [3.8, 4) is 5.69 Å². The van der Waals surface area contributed by atoms with E-state index in [1.54, 1.807) is 0 Å². The smallest absolute Gasteiger partial charge is 0.255 e. The molecule has 20 heavy (non-hydrogen) atoms. The van der Waals surface area contributed by atoms with Crippen LogP contribution in [0.15, 0.2) is 24.3 Å². The van der Waals surface area contributed by atoms with Crippen LogP contribution in [0.2, 0.25) is 0 Å². The lowest BCUT2D eigenvalue weighted by atomic mass is 10.1. The summed E-state index contributed by atoms with van der Waals surface area (Å²) in [5.74, 6) is -0.0401. The minimum absolute atomic E-state index is 0.0401. The van der Waals surface area contributed by atoms with Gasteiger partial charge in [0.1, 0.15) is 0 Å². The molecule has 4 heteroatoms. The van der Waals surface area contributed by atoms with Gasteiger partial charge in [-0.05, 0) is 38.8 Å². The van der Waals surface area contributed by atoms with Gasteiger partial charge in [0.2, 0.25) is 0 Å². The molecular formula is C16H21N3O. The number of rotatable bonds is 4. The predicted molar refractivity (Wildman–Crippen MR) is 80.4 cm³/mol. The van der Waals surface area contributed by atoms with Crippen LogP contribution in [0.25, 0.3) is 5.69 Å². The fourth-order valence-electron chi connectivity index (χ4n) is 2.45. The highest BCUT2D eigenvalue weighted by Crippen LogP contribution is 2.21. The highest BCUT2D eigenvalue weighted by atomic mass is 16.1. The topological polar surface area (TPSA) is 46.9 Å². The van der Waals surface area contributed by atoms with Crippen molar-refractivity contribution < 1.29 is 4.79 Å². The Morgan fingerprint density at radius 2 is 1.95 bits per heavy atom. The molecular weight excluding hydrogens is 250 g/mol. The summed E-state index contributed by atoms with van der Waals surface area (Å²) in [7, 11) is 0. The second kappa shape index (κ2) is 5.90. The number of amides is 1. The molecule has 106 valence electrons. The quantitative estimate of drug-likeness (QED) is 0.929. The molecule has 0 aliphatic carbocycles. The largest absolute Gasteiger partial charge is 0.352 e. The van der Waals surface area contributed by atoms with Gasteiger partial charge in [0.15, 0.2) is 0 Å². The molecule has 0 unspecified atom stereocenters. The SMILES string of the molecule is CCNC(=O)c1c(C)nn(-c2ccccc2C)c1CC. The van der Waals surface area contributed by atoms with Gasteiger partial charge in [-0.3, -0.25) is 4.79 Å². The molecule has 1 aromatic heterocycles. The van der Waals surface area contributed by atoms with Gasteiger partial charge in [-0.2, -0.15) is 5.10 Å². The zero-order valence-electron chi connectivity index (χ0n) is 12.5. The maximum absolute atomic E-state index is 12.2. The first-order valence-corrected chi connectivity index (χ1v) is 7.02. The summed E-state index contributed by atoms with van der Waals surface area (Å²) in [4.78, 5) is 12.2. The van der Waals surface area contributed by atoms with Gasteiger partial charge in [-0.15, -0.1) is 0 Å². The molecule has 0 fully saturated rings. The average molecular weight is 271 g/mol. The van der Waals surface area contributed by atoms with Crippen LogP contribution in [0.1, 0.15) is 41.2 Å². The Hall–Kier alpha value is -2.10. The highest BCUT2D eigenvalue weighted by Gasteiger charge is 2.21. The van der Waals surface area contributed by atoms with Gasteiger partial charge < -0.3 is 5.32 Å². The summed E-state index contributed by atoms with van der Waals surface area (Å²) in [6.07, 6.45) is 0.766. The van der Waals surface area contributed by atoms with Crippen LogP contribution in [0.4, 0.5) is 0 Å². The first-order chi connectivity index (χ1) is 9.60. The lowest BCUT2D eigenvalue weighted by Crippen LogP contribution is -2.24. The van der Waals surface area contributed by atoms with Crippen molar-refractivity contribution in [2.24, 2.45) is 0 Å². The number of carbonyl (C=O) groups excluding carboxylic acids is 1. The van der Waals surface area contributed by atoms with Crippen LogP contribution >= 0.6 is 0 Å². The molecule has 0 saturated heterocycles. The summed E-state index contributed by atoms with van der Waals surface area (Å²) < 4.78 is 1.90. The zero-order valence-corrected chi connectivity index (χ0v) is 12.5. The van der Waals surface area contributed by atoms with Crippen LogP contribution in [0, 0.1) is 13.8 Å². The molecule has 0 saturated carbocycles. The predicted octanol–water partition coefficient (Wildman–Crippen LogP) is 2.80. The van der Waals surface area contributed by atoms with Crippen molar-refractivity contribution in [2.45, 2.75) is 34.1 Å². The minimum Gasteiger partial charge on any atom is -0.352 e. The summed E-state index contributed by atoms with van der Waals surface area (Å²) in [5, 5.41) is 7.44. The number of hydrogen-bond donors (Lipinski definition) is 1. The standard InChI is InChI=1S/C16H21N3O/c1-5-13-15(16(20)17-6-2)12(4)18-19(13)14-10-8-7-9-11(14)3/h7-10H,5-6H2,1-4H3,(H,17,20). The van der Waals surface area contributed by atoms with Crippen molar-refractivity contribution in [3.05, 3.63) is 46.8 Å². The van der Waals surface area contributed by atoms with Crippen molar-refractivity contribution in [1.29, 1.82) is 0 Å². The van der Waals surface area contributed by atoms with Crippen LogP contribution in [-0.4, -0.2) is 22.2 Å². The molecule has 0 aliphatic heterocycles. The molecule has 1 N–H and O–H groups in total. The molecule has 0 radical (unpaired) electrons. The van der Waals surface area contributed by atoms with E-state index < -0.39 is 0 Å². The van der Waals surface area contributed by atoms with Crippen molar-refractivity contribution in [1.82, 2.24) is 15.1 Å². The molecule has 2 aromatic rings. The average Bonchev–Trinajstić information content (AvgIpc) is 2.76. The lowest BCUT2D eigenvalue weighted by Gasteiger charge is -2.10. The Kier molecular flexibility index (Phi) is 4.23. The number of hydrogen-bond acceptors (Lipinski definition) is 2. The van der Waals surface area contributed by atoms with Crippen molar-refractivity contribution in [2.75, 3.05) is 6.54 Å². The Bertz CT molecular complexity index is 629. The van der Waals surface area contributed by atoms with Gasteiger partial charge in [0, 0.05) is 6.54 Å². The van der Waals surface area contributed by atoms with E-state index in [1.165, 1.54) is 0 Å². The lowest BCUT2D eigenvalue weighted by molar-refractivity contribution is 0.0954. The molecule has 4 nitrogen and oxygen atoms in total. The number of nitrogens with one attached hydrogen (secondary N) is 1. The van der Waals surface area contributed by atoms with E-state index in [0.717, 1.165) is 29.1 Å². The molecule has 0 atom stereocenters. The molecule has 1 heterocycles. The van der Waals surface area contributed by atoms with E-state index >= 15 is 0 Å². The summed E-state index contributed by atoms with van der Waals surface area (Å²) in [6, 6.07) is 8.08. The van der Waals surface area contributed by atoms with Crippen LogP contribution in [-0.2, 0) is 6.42 Å². The number of benzene rings is 1. The van der Waals surface area contributed by atoms with Gasteiger partial charge in [0.25, 0.3) is 5.91 Å². The third kappa shape index (κ3) is 2.46. The third-order valence-corrected chi connectivity index (χ3v) is 3.40. The molecule has 0 aliphatic rings. The van der Waals surface area contributed by atoms with Gasteiger partial charge in [-0.1, -0.05) is 25.1 Å². The van der Waals surface area contributed by atoms with E-state index in [2.05, 4.69) is 23.4 Å². The Morgan fingerprint density at radius 1 is 1.25 bits per heavy atom. The number of para-hydroxylation sites is 1. The van der Waals surface area contributed by atoms with Crippen molar-refractivity contribution in [3.63, 3.8) is 0 Å². The van der Waals surface area contributed by atoms with Crippen molar-refractivity contribution >= 4 is 5.91 Å². The summed E-state index contributed by atoms with van der Waals surface area (Å²) in [5.41, 5.74) is 4.62. The van der Waals surface area contributed by atoms with E-state index in [4.69, 9.17) is 0 Å². The maximum atomic E-state index is 12.2. The van der Waals surface area contributed by atoms with Crippen LogP contribution in [0.5, 0.6) is 0 Å². The summed E-state index contributed by atoms with van der Waals surface area (Å²) in [6.45, 7) is 8.53. The van der Waals surface area contributed by atoms with Crippen LogP contribution < -0.4 is 5.32 Å². The second-order valence-corrected chi connectivity index (χ2v) is 4.82. The normalized spacial score (nSPS) is 10.6. The first-order valence-electron chi connectivity index (χ1n) is 7.02. The fourth-order valence-corrected chi connectivity index (χ4v) is 2.45. The van der Waals surface area contributed by atoms with Gasteiger partial charge >= 0.3 is 0 Å². The monoisotopic (exact) mass is 271 g/mol. The third-order valence-electron chi connectivity index (χ3n) is 3.40. The molecule has 1 amide bonds. The molecule has 2 rings (SSSR count).